The van der Waals surface area contributed by atoms with Gasteiger partial charge in [-0.05, 0) is 0 Å². The molecule has 0 N–H and O–H groups in total. The van der Waals surface area contributed by atoms with Crippen LogP contribution >= 0.6 is 0 Å². The lowest BCUT2D eigenvalue weighted by Crippen LogP contribution is -2.34. The summed E-state index contributed by atoms with van der Waals surface area (Å²) in [4.78, 5) is 12.1. The molecule has 0 aromatic carbocycles. The summed E-state index contributed by atoms with van der Waals surface area (Å²) < 4.78 is 4.80. The van der Waals surface area contributed by atoms with Gasteiger partial charge in [0.25, 0.3) is 6.23 Å². The Morgan fingerprint density at radius 1 is 1.56 bits per heavy atom. The monoisotopic (exact) mass is 131 g/mol. The summed E-state index contributed by atoms with van der Waals surface area (Å²) in [6.07, 6.45) is -0.123. The Labute approximate surface area is 55.6 Å². The highest BCUT2D eigenvalue weighted by atomic mass is 16.6. The van der Waals surface area contributed by atoms with E-state index in [1.165, 1.54) is 6.92 Å². The number of ether oxygens (including phenoxy) is 1. The molecule has 1 atom stereocenters. The zero-order chi connectivity index (χ0) is 7.44. The zero-order valence-electron chi connectivity index (χ0n) is 6.34. The Morgan fingerprint density at radius 2 is 2.00 bits per heavy atom. The van der Waals surface area contributed by atoms with Crippen molar-refractivity contribution in [2.24, 2.45) is 0 Å². The minimum Gasteiger partial charge on any atom is -0.408 e. The van der Waals surface area contributed by atoms with Gasteiger partial charge in [-0.1, -0.05) is 0 Å². The van der Waals surface area contributed by atoms with Crippen LogP contribution in [-0.4, -0.2) is 26.3 Å². The highest BCUT2D eigenvalue weighted by Gasteiger charge is 2.14. The average molecular weight is 131 g/mol. The van der Waals surface area contributed by atoms with E-state index in [1.807, 2.05) is 25.9 Å². The SMILES string of the molecule is CC(=O)OC(C)[N+](C)C. The van der Waals surface area contributed by atoms with Crippen LogP contribution in [-0.2, 0) is 9.53 Å². The molecule has 1 radical (unpaired) electrons. The maximum Gasteiger partial charge on any atom is 0.307 e. The molecule has 0 aromatic rings. The highest BCUT2D eigenvalue weighted by Crippen LogP contribution is 1.90. The van der Waals surface area contributed by atoms with Gasteiger partial charge in [-0.2, -0.15) is 0 Å². The lowest BCUT2D eigenvalue weighted by molar-refractivity contribution is -0.148. The van der Waals surface area contributed by atoms with Gasteiger partial charge < -0.3 is 4.74 Å². The van der Waals surface area contributed by atoms with Crippen LogP contribution in [0.3, 0.4) is 0 Å². The van der Waals surface area contributed by atoms with Crippen molar-refractivity contribution in [3.63, 3.8) is 0 Å². The fourth-order valence-electron chi connectivity index (χ4n) is 0.346. The molecule has 0 saturated heterocycles. The molecule has 0 amide bonds. The predicted molar refractivity (Wildman–Crippen MR) is 35.2 cm³/mol. The van der Waals surface area contributed by atoms with E-state index >= 15 is 0 Å². The summed E-state index contributed by atoms with van der Waals surface area (Å²) in [5.74, 6) is -0.240. The quantitative estimate of drug-likeness (QED) is 0.306. The summed E-state index contributed by atoms with van der Waals surface area (Å²) in [6, 6.07) is 0. The first kappa shape index (κ1) is 8.43. The van der Waals surface area contributed by atoms with Gasteiger partial charge in [-0.15, -0.1) is 4.90 Å². The number of carbonyl (C=O) groups is 1. The maximum atomic E-state index is 10.3. The van der Waals surface area contributed by atoms with Crippen molar-refractivity contribution in [3.05, 3.63) is 0 Å². The molecule has 0 saturated carbocycles. The van der Waals surface area contributed by atoms with Crippen LogP contribution in [0, 0.1) is 0 Å². The summed E-state index contributed by atoms with van der Waals surface area (Å²) in [5, 5.41) is 0. The van der Waals surface area contributed by atoms with Crippen LogP contribution < -0.4 is 4.90 Å². The van der Waals surface area contributed by atoms with Gasteiger partial charge in [0.15, 0.2) is 0 Å². The maximum absolute atomic E-state index is 10.3. The van der Waals surface area contributed by atoms with Crippen molar-refractivity contribution in [2.45, 2.75) is 20.1 Å². The lowest BCUT2D eigenvalue weighted by Gasteiger charge is -2.09. The topological polar surface area (TPSA) is 32.2 Å². The molecule has 0 bridgehead atoms. The number of esters is 1. The van der Waals surface area contributed by atoms with Crippen molar-refractivity contribution >= 4 is 5.97 Å². The van der Waals surface area contributed by atoms with Crippen LogP contribution in [0.4, 0.5) is 0 Å². The van der Waals surface area contributed by atoms with Crippen LogP contribution in [0.2, 0.25) is 0 Å². The number of hydrogen-bond donors (Lipinski definition) is 0. The Hall–Kier alpha value is -0.570. The first-order chi connectivity index (χ1) is 4.04. The van der Waals surface area contributed by atoms with E-state index in [0.29, 0.717) is 0 Å². The Morgan fingerprint density at radius 3 is 2.11 bits per heavy atom. The summed E-state index contributed by atoms with van der Waals surface area (Å²) in [6.45, 7) is 3.22. The van der Waals surface area contributed by atoms with Crippen LogP contribution in [0.25, 0.3) is 0 Å². The molecule has 3 heteroatoms. The second kappa shape index (κ2) is 3.45. The normalized spacial score (nSPS) is 13.4. The summed E-state index contributed by atoms with van der Waals surface area (Å²) in [7, 11) is 3.71. The summed E-state index contributed by atoms with van der Waals surface area (Å²) in [5.41, 5.74) is 0. The molecule has 0 spiro atoms. The number of hydrogen-bond acceptors (Lipinski definition) is 3. The first-order valence-corrected chi connectivity index (χ1v) is 2.87. The third-order valence-electron chi connectivity index (χ3n) is 1.06. The fourth-order valence-corrected chi connectivity index (χ4v) is 0.346. The Kier molecular flexibility index (Phi) is 3.24. The van der Waals surface area contributed by atoms with E-state index in [-0.39, 0.29) is 12.2 Å². The van der Waals surface area contributed by atoms with E-state index in [1.54, 1.807) is 0 Å². The van der Waals surface area contributed by atoms with Gasteiger partial charge in [-0.3, -0.25) is 4.79 Å². The van der Waals surface area contributed by atoms with Crippen LogP contribution in [0.5, 0.6) is 0 Å². The molecule has 53 valence electrons. The second-order valence-corrected chi connectivity index (χ2v) is 2.17. The van der Waals surface area contributed by atoms with Crippen molar-refractivity contribution in [1.29, 1.82) is 0 Å². The standard InChI is InChI=1S/C6H13NO2/c1-5(7(3)4)9-6(2)8/h5H,1-4H3/q+1. The molecule has 0 heterocycles. The second-order valence-electron chi connectivity index (χ2n) is 2.17. The van der Waals surface area contributed by atoms with Crippen LogP contribution in [0.1, 0.15) is 13.8 Å². The molecule has 0 aliphatic heterocycles. The molecule has 0 aliphatic carbocycles. The molecule has 3 nitrogen and oxygen atoms in total. The molecule has 1 unspecified atom stereocenters. The van der Waals surface area contributed by atoms with Gasteiger partial charge in [-0.25, -0.2) is 0 Å². The Balaban J connectivity index is 3.50. The molecule has 0 fully saturated rings. The van der Waals surface area contributed by atoms with Crippen molar-refractivity contribution < 1.29 is 9.53 Å². The van der Waals surface area contributed by atoms with Crippen molar-refractivity contribution in [1.82, 2.24) is 4.90 Å². The van der Waals surface area contributed by atoms with E-state index in [4.69, 9.17) is 4.74 Å². The Bertz CT molecular complexity index is 101. The van der Waals surface area contributed by atoms with Gasteiger partial charge in [0, 0.05) is 13.8 Å². The fraction of sp³-hybridized carbons (Fsp3) is 0.833. The molecule has 0 aromatic heterocycles. The summed E-state index contributed by atoms with van der Waals surface area (Å²) >= 11 is 0. The average Bonchev–Trinajstić information content (AvgIpc) is 1.63. The number of rotatable bonds is 2. The molecular formula is C6H13NO2+. The van der Waals surface area contributed by atoms with E-state index in [2.05, 4.69) is 0 Å². The molecule has 0 rings (SSSR count). The van der Waals surface area contributed by atoms with Gasteiger partial charge in [0.1, 0.15) is 14.1 Å². The first-order valence-electron chi connectivity index (χ1n) is 2.87. The minimum absolute atomic E-state index is 0.123. The molecule has 9 heavy (non-hydrogen) atoms. The molecular weight excluding hydrogens is 118 g/mol. The smallest absolute Gasteiger partial charge is 0.307 e. The minimum atomic E-state index is -0.240. The lowest BCUT2D eigenvalue weighted by atomic mass is 10.6. The number of carbonyl (C=O) groups excluding carboxylic acids is 1. The van der Waals surface area contributed by atoms with Gasteiger partial charge >= 0.3 is 5.97 Å². The predicted octanol–water partition coefficient (Wildman–Crippen LogP) is 0.295. The van der Waals surface area contributed by atoms with Crippen molar-refractivity contribution in [2.75, 3.05) is 14.1 Å². The number of nitrogens with zero attached hydrogens (tertiary/aromatic N) is 1. The van der Waals surface area contributed by atoms with E-state index < -0.39 is 0 Å². The van der Waals surface area contributed by atoms with E-state index in [0.717, 1.165) is 0 Å². The van der Waals surface area contributed by atoms with Crippen molar-refractivity contribution in [3.8, 4) is 0 Å². The third-order valence-corrected chi connectivity index (χ3v) is 1.06. The van der Waals surface area contributed by atoms with Gasteiger partial charge in [0.2, 0.25) is 0 Å². The van der Waals surface area contributed by atoms with Crippen LogP contribution in [0.15, 0.2) is 0 Å². The third kappa shape index (κ3) is 3.97. The zero-order valence-corrected chi connectivity index (χ0v) is 6.34. The van der Waals surface area contributed by atoms with Gasteiger partial charge in [0.05, 0.1) is 0 Å². The largest absolute Gasteiger partial charge is 0.408 e. The van der Waals surface area contributed by atoms with E-state index in [9.17, 15) is 4.79 Å². The highest BCUT2D eigenvalue weighted by molar-refractivity contribution is 5.66. The molecule has 0 aliphatic rings.